The zero-order chi connectivity index (χ0) is 21.7. The summed E-state index contributed by atoms with van der Waals surface area (Å²) in [6.07, 6.45) is 6.67. The summed E-state index contributed by atoms with van der Waals surface area (Å²) in [6.45, 7) is 12.1. The van der Waals surface area contributed by atoms with Crippen LogP contribution in [-0.4, -0.2) is 33.1 Å². The van der Waals surface area contributed by atoms with Gasteiger partial charge in [-0.05, 0) is 71.3 Å². The van der Waals surface area contributed by atoms with Crippen LogP contribution in [0.1, 0.15) is 53.4 Å². The zero-order valence-corrected chi connectivity index (χ0v) is 18.2. The summed E-state index contributed by atoms with van der Waals surface area (Å²) >= 11 is 0. The molecule has 0 amide bonds. The topological polar surface area (TPSA) is 58.0 Å². The van der Waals surface area contributed by atoms with Gasteiger partial charge >= 0.3 is 7.12 Å². The van der Waals surface area contributed by atoms with Gasteiger partial charge in [0.1, 0.15) is 24.2 Å². The predicted octanol–water partition coefficient (Wildman–Crippen LogP) is 3.76. The Morgan fingerprint density at radius 3 is 2.43 bits per heavy atom. The van der Waals surface area contributed by atoms with Crippen LogP contribution in [-0.2, 0) is 25.6 Å². The first kappa shape index (κ1) is 20.9. The maximum atomic E-state index is 15.1. The van der Waals surface area contributed by atoms with E-state index in [-0.39, 0.29) is 18.2 Å². The maximum absolute atomic E-state index is 15.1. The van der Waals surface area contributed by atoms with Crippen molar-refractivity contribution in [3.8, 4) is 0 Å². The molecule has 4 rings (SSSR count). The van der Waals surface area contributed by atoms with Crippen molar-refractivity contribution in [2.45, 2.75) is 65.4 Å². The molecule has 1 aromatic heterocycles. The van der Waals surface area contributed by atoms with Gasteiger partial charge in [-0.3, -0.25) is 0 Å². The Hall–Kier alpha value is -2.36. The fraction of sp³-hybridized carbons (Fsp3) is 0.476. The molecular formula is C21H27BFN3O4. The number of nitrogens with zero attached hydrogens (tertiary/aromatic N) is 3. The molecule has 2 aliphatic heterocycles. The van der Waals surface area contributed by atoms with E-state index in [2.05, 4.69) is 4.98 Å². The minimum absolute atomic E-state index is 0.0410. The molecule has 30 heavy (non-hydrogen) atoms. The second kappa shape index (κ2) is 7.41. The first-order chi connectivity index (χ1) is 14.1. The summed E-state index contributed by atoms with van der Waals surface area (Å²) in [5, 5.41) is 1.23. The lowest BCUT2D eigenvalue weighted by atomic mass is 9.79. The molecule has 0 spiro atoms. The Kier molecular flexibility index (Phi) is 5.16. The summed E-state index contributed by atoms with van der Waals surface area (Å²) in [6, 6.07) is 3.37. The van der Waals surface area contributed by atoms with E-state index < -0.39 is 24.1 Å². The molecule has 3 heterocycles. The SMILES string of the molecule is CC(C)n1c(CON2C=CC=CO2)nc2c(F)cc(B3OC(C)(C)C(C)(C)O3)cc21. The van der Waals surface area contributed by atoms with Crippen LogP contribution in [0, 0.1) is 5.82 Å². The lowest BCUT2D eigenvalue weighted by Crippen LogP contribution is -2.41. The second-order valence-electron chi connectivity index (χ2n) is 8.78. The quantitative estimate of drug-likeness (QED) is 0.694. The van der Waals surface area contributed by atoms with E-state index in [0.29, 0.717) is 16.8 Å². The first-order valence-electron chi connectivity index (χ1n) is 10.1. The van der Waals surface area contributed by atoms with Gasteiger partial charge in [-0.1, -0.05) is 5.23 Å². The van der Waals surface area contributed by atoms with Gasteiger partial charge in [-0.15, -0.1) is 0 Å². The van der Waals surface area contributed by atoms with Crippen LogP contribution in [0.2, 0.25) is 0 Å². The number of fused-ring (bicyclic) bond motifs is 1. The molecule has 0 atom stereocenters. The van der Waals surface area contributed by atoms with Gasteiger partial charge < -0.3 is 18.7 Å². The monoisotopic (exact) mass is 415 g/mol. The van der Waals surface area contributed by atoms with Gasteiger partial charge in [0.25, 0.3) is 0 Å². The number of hydroxylamine groups is 2. The van der Waals surface area contributed by atoms with E-state index in [1.807, 2.05) is 52.2 Å². The van der Waals surface area contributed by atoms with Crippen LogP contribution in [0.4, 0.5) is 4.39 Å². The van der Waals surface area contributed by atoms with Gasteiger partial charge in [0, 0.05) is 6.04 Å². The first-order valence-corrected chi connectivity index (χ1v) is 10.1. The summed E-state index contributed by atoms with van der Waals surface area (Å²) < 4.78 is 29.2. The van der Waals surface area contributed by atoms with E-state index >= 15 is 4.39 Å². The lowest BCUT2D eigenvalue weighted by Gasteiger charge is -2.32. The third kappa shape index (κ3) is 3.61. The van der Waals surface area contributed by atoms with Gasteiger partial charge in [-0.2, -0.15) is 0 Å². The average molecular weight is 415 g/mol. The molecule has 2 aromatic rings. The van der Waals surface area contributed by atoms with Gasteiger partial charge in [-0.25, -0.2) is 14.2 Å². The van der Waals surface area contributed by atoms with Crippen molar-refractivity contribution in [2.75, 3.05) is 0 Å². The fourth-order valence-corrected chi connectivity index (χ4v) is 3.50. The zero-order valence-electron chi connectivity index (χ0n) is 18.2. The maximum Gasteiger partial charge on any atom is 0.495 e. The van der Waals surface area contributed by atoms with Crippen molar-refractivity contribution in [3.05, 3.63) is 48.4 Å². The van der Waals surface area contributed by atoms with Crippen LogP contribution in [0.5, 0.6) is 0 Å². The number of hydrogen-bond donors (Lipinski definition) is 0. The van der Waals surface area contributed by atoms with Crippen LogP contribution in [0.3, 0.4) is 0 Å². The minimum Gasteiger partial charge on any atom is -0.399 e. The van der Waals surface area contributed by atoms with Gasteiger partial charge in [0.2, 0.25) is 0 Å². The van der Waals surface area contributed by atoms with Crippen molar-refractivity contribution in [1.29, 1.82) is 0 Å². The van der Waals surface area contributed by atoms with Crippen molar-refractivity contribution in [2.24, 2.45) is 0 Å². The molecule has 0 radical (unpaired) electrons. The molecule has 7 nitrogen and oxygen atoms in total. The smallest absolute Gasteiger partial charge is 0.399 e. The lowest BCUT2D eigenvalue weighted by molar-refractivity contribution is -0.317. The summed E-state index contributed by atoms with van der Waals surface area (Å²) in [5.41, 5.74) is 0.578. The Labute approximate surface area is 176 Å². The third-order valence-electron chi connectivity index (χ3n) is 5.77. The highest BCUT2D eigenvalue weighted by molar-refractivity contribution is 6.62. The Morgan fingerprint density at radius 1 is 1.13 bits per heavy atom. The molecule has 1 fully saturated rings. The Bertz CT molecular complexity index is 999. The standard InChI is InChI=1S/C21H27BFN3O4/c1-14(2)26-17-12-15(22-29-20(3,4)21(5,6)30-22)11-16(23)19(17)24-18(26)13-28-25-9-7-8-10-27-25/h7-12,14H,13H2,1-6H3. The molecular weight excluding hydrogens is 388 g/mol. The number of allylic oxidation sites excluding steroid dienone is 2. The summed E-state index contributed by atoms with van der Waals surface area (Å²) in [4.78, 5) is 15.4. The van der Waals surface area contributed by atoms with Crippen molar-refractivity contribution in [3.63, 3.8) is 0 Å². The summed E-state index contributed by atoms with van der Waals surface area (Å²) in [7, 11) is -0.650. The Balaban J connectivity index is 1.69. The molecule has 1 saturated heterocycles. The molecule has 9 heteroatoms. The Morgan fingerprint density at radius 2 is 1.83 bits per heavy atom. The number of halogens is 1. The van der Waals surface area contributed by atoms with Crippen molar-refractivity contribution < 1.29 is 23.4 Å². The number of hydrogen-bond acceptors (Lipinski definition) is 6. The van der Waals surface area contributed by atoms with E-state index in [1.54, 1.807) is 18.4 Å². The van der Waals surface area contributed by atoms with Gasteiger partial charge in [0.05, 0.1) is 22.9 Å². The third-order valence-corrected chi connectivity index (χ3v) is 5.77. The van der Waals surface area contributed by atoms with E-state index in [4.69, 9.17) is 19.0 Å². The molecule has 0 bridgehead atoms. The van der Waals surface area contributed by atoms with Crippen molar-refractivity contribution in [1.82, 2.24) is 14.8 Å². The highest BCUT2D eigenvalue weighted by Crippen LogP contribution is 2.37. The molecule has 1 aromatic carbocycles. The number of rotatable bonds is 5. The van der Waals surface area contributed by atoms with Crippen LogP contribution < -0.4 is 5.46 Å². The molecule has 0 unspecified atom stereocenters. The normalized spacial score (nSPS) is 19.9. The highest BCUT2D eigenvalue weighted by Gasteiger charge is 2.52. The largest absolute Gasteiger partial charge is 0.495 e. The molecule has 0 N–H and O–H groups in total. The van der Waals surface area contributed by atoms with Crippen LogP contribution >= 0.6 is 0 Å². The second-order valence-corrected chi connectivity index (χ2v) is 8.78. The van der Waals surface area contributed by atoms with Crippen LogP contribution in [0.15, 0.2) is 36.7 Å². The summed E-state index contributed by atoms with van der Waals surface area (Å²) in [5.74, 6) is 0.173. The highest BCUT2D eigenvalue weighted by atomic mass is 19.1. The van der Waals surface area contributed by atoms with E-state index in [9.17, 15) is 0 Å². The van der Waals surface area contributed by atoms with E-state index in [1.165, 1.54) is 17.6 Å². The van der Waals surface area contributed by atoms with Crippen molar-refractivity contribution >= 4 is 23.6 Å². The molecule has 0 saturated carbocycles. The fourth-order valence-electron chi connectivity index (χ4n) is 3.50. The van der Waals surface area contributed by atoms with Crippen LogP contribution in [0.25, 0.3) is 11.0 Å². The molecule has 160 valence electrons. The number of imidazole rings is 1. The minimum atomic E-state index is -0.650. The van der Waals surface area contributed by atoms with E-state index in [0.717, 1.165) is 0 Å². The molecule has 0 aliphatic carbocycles. The predicted molar refractivity (Wildman–Crippen MR) is 112 cm³/mol. The average Bonchev–Trinajstić information content (AvgIpc) is 3.15. The number of aromatic nitrogens is 2. The number of benzene rings is 1. The van der Waals surface area contributed by atoms with Gasteiger partial charge in [0.15, 0.2) is 5.82 Å². The molecule has 2 aliphatic rings.